The molecular weight excluding hydrogens is 267 g/mol. The molecule has 0 aromatic heterocycles. The Labute approximate surface area is 124 Å². The van der Waals surface area contributed by atoms with Gasteiger partial charge in [-0.15, -0.1) is 0 Å². The van der Waals surface area contributed by atoms with Gasteiger partial charge in [0.2, 0.25) is 0 Å². The number of nitrogens with two attached hydrogens (primary N) is 1. The first-order valence-electron chi connectivity index (χ1n) is 6.96. The number of aryl methyl sites for hydroxylation is 1. The largest absolute Gasteiger partial charge is 0.330 e. The van der Waals surface area contributed by atoms with E-state index in [1.165, 1.54) is 12.1 Å². The van der Waals surface area contributed by atoms with Gasteiger partial charge in [-0.25, -0.2) is 4.39 Å². The van der Waals surface area contributed by atoms with E-state index in [0.29, 0.717) is 19.5 Å². The molecule has 0 aliphatic heterocycles. The molecule has 0 atom stereocenters. The number of anilines is 1. The van der Waals surface area contributed by atoms with Gasteiger partial charge in [-0.1, -0.05) is 29.8 Å². The van der Waals surface area contributed by atoms with Gasteiger partial charge >= 0.3 is 0 Å². The van der Waals surface area contributed by atoms with Crippen molar-refractivity contribution in [2.45, 2.75) is 13.3 Å². The molecule has 0 bridgehead atoms. The van der Waals surface area contributed by atoms with Crippen LogP contribution in [0.25, 0.3) is 0 Å². The van der Waals surface area contributed by atoms with Crippen molar-refractivity contribution in [2.75, 3.05) is 18.0 Å². The predicted octanol–water partition coefficient (Wildman–Crippen LogP) is 3.13. The van der Waals surface area contributed by atoms with Crippen LogP contribution < -0.4 is 10.6 Å². The molecule has 0 heterocycles. The second-order valence-electron chi connectivity index (χ2n) is 4.91. The topological polar surface area (TPSA) is 46.3 Å². The standard InChI is InChI=1S/C17H19FN2O/c1-13-7-9-14(10-8-13)20(12-4-11-19)17(21)15-5-2-3-6-16(15)18/h2-3,5-10H,4,11-12,19H2,1H3. The lowest BCUT2D eigenvalue weighted by Gasteiger charge is -2.23. The molecule has 0 aliphatic rings. The lowest BCUT2D eigenvalue weighted by atomic mass is 10.1. The van der Waals surface area contributed by atoms with Crippen molar-refractivity contribution in [3.8, 4) is 0 Å². The number of hydrogen-bond acceptors (Lipinski definition) is 2. The van der Waals surface area contributed by atoms with E-state index in [9.17, 15) is 9.18 Å². The summed E-state index contributed by atoms with van der Waals surface area (Å²) in [5.41, 5.74) is 7.47. The van der Waals surface area contributed by atoms with Gasteiger partial charge in [-0.05, 0) is 44.2 Å². The molecule has 0 saturated heterocycles. The molecule has 2 aromatic carbocycles. The van der Waals surface area contributed by atoms with Crippen molar-refractivity contribution in [1.82, 2.24) is 0 Å². The highest BCUT2D eigenvalue weighted by Gasteiger charge is 2.20. The molecule has 2 aromatic rings. The van der Waals surface area contributed by atoms with Crippen LogP contribution in [0, 0.1) is 12.7 Å². The van der Waals surface area contributed by atoms with Crippen LogP contribution in [0.4, 0.5) is 10.1 Å². The molecule has 0 saturated carbocycles. The van der Waals surface area contributed by atoms with Gasteiger partial charge in [-0.3, -0.25) is 4.79 Å². The summed E-state index contributed by atoms with van der Waals surface area (Å²) in [4.78, 5) is 14.2. The highest BCUT2D eigenvalue weighted by atomic mass is 19.1. The van der Waals surface area contributed by atoms with Crippen LogP contribution in [0.5, 0.6) is 0 Å². The molecule has 2 N–H and O–H groups in total. The van der Waals surface area contributed by atoms with E-state index in [0.717, 1.165) is 11.3 Å². The van der Waals surface area contributed by atoms with Gasteiger partial charge in [-0.2, -0.15) is 0 Å². The number of carbonyl (C=O) groups is 1. The summed E-state index contributed by atoms with van der Waals surface area (Å²) in [5, 5.41) is 0. The van der Waals surface area contributed by atoms with Crippen molar-refractivity contribution >= 4 is 11.6 Å². The van der Waals surface area contributed by atoms with Crippen LogP contribution in [-0.2, 0) is 0 Å². The Morgan fingerprint density at radius 2 is 1.81 bits per heavy atom. The van der Waals surface area contributed by atoms with Crippen LogP contribution in [0.2, 0.25) is 0 Å². The Balaban J connectivity index is 2.33. The third-order valence-corrected chi connectivity index (χ3v) is 3.28. The first kappa shape index (κ1) is 15.2. The number of carbonyl (C=O) groups excluding carboxylic acids is 1. The number of hydrogen-bond donors (Lipinski definition) is 1. The van der Waals surface area contributed by atoms with Crippen LogP contribution >= 0.6 is 0 Å². The first-order chi connectivity index (χ1) is 10.1. The lowest BCUT2D eigenvalue weighted by Crippen LogP contribution is -2.33. The molecule has 0 radical (unpaired) electrons. The van der Waals surface area contributed by atoms with Gasteiger partial charge in [0.15, 0.2) is 0 Å². The second-order valence-corrected chi connectivity index (χ2v) is 4.91. The molecule has 21 heavy (non-hydrogen) atoms. The van der Waals surface area contributed by atoms with E-state index in [1.807, 2.05) is 31.2 Å². The number of halogens is 1. The maximum absolute atomic E-state index is 13.8. The van der Waals surface area contributed by atoms with Crippen LogP contribution in [-0.4, -0.2) is 19.0 Å². The summed E-state index contributed by atoms with van der Waals surface area (Å²) in [6.45, 7) is 2.92. The van der Waals surface area contributed by atoms with Crippen molar-refractivity contribution in [3.63, 3.8) is 0 Å². The third-order valence-electron chi connectivity index (χ3n) is 3.28. The van der Waals surface area contributed by atoms with Crippen LogP contribution in [0.3, 0.4) is 0 Å². The van der Waals surface area contributed by atoms with Crippen LogP contribution in [0.15, 0.2) is 48.5 Å². The highest BCUT2D eigenvalue weighted by molar-refractivity contribution is 6.06. The molecule has 110 valence electrons. The summed E-state index contributed by atoms with van der Waals surface area (Å²) >= 11 is 0. The predicted molar refractivity (Wildman–Crippen MR) is 82.9 cm³/mol. The number of rotatable bonds is 5. The fourth-order valence-electron chi connectivity index (χ4n) is 2.10. The number of amides is 1. The fraction of sp³-hybridized carbons (Fsp3) is 0.235. The van der Waals surface area contributed by atoms with E-state index in [2.05, 4.69) is 0 Å². The Morgan fingerprint density at radius 1 is 1.14 bits per heavy atom. The minimum Gasteiger partial charge on any atom is -0.330 e. The Kier molecular flexibility index (Phi) is 5.06. The van der Waals surface area contributed by atoms with Crippen molar-refractivity contribution < 1.29 is 9.18 Å². The number of benzene rings is 2. The summed E-state index contributed by atoms with van der Waals surface area (Å²) in [5.74, 6) is -0.849. The van der Waals surface area contributed by atoms with Crippen molar-refractivity contribution in [2.24, 2.45) is 5.73 Å². The summed E-state index contributed by atoms with van der Waals surface area (Å²) in [6, 6.07) is 13.6. The summed E-state index contributed by atoms with van der Waals surface area (Å²) in [6.07, 6.45) is 0.661. The average Bonchev–Trinajstić information content (AvgIpc) is 2.49. The maximum Gasteiger partial charge on any atom is 0.261 e. The minimum absolute atomic E-state index is 0.0788. The Morgan fingerprint density at radius 3 is 2.43 bits per heavy atom. The second kappa shape index (κ2) is 6.99. The molecule has 0 aliphatic carbocycles. The Bertz CT molecular complexity index is 610. The molecule has 2 rings (SSSR count). The highest BCUT2D eigenvalue weighted by Crippen LogP contribution is 2.19. The lowest BCUT2D eigenvalue weighted by molar-refractivity contribution is 0.0983. The van der Waals surface area contributed by atoms with E-state index in [-0.39, 0.29) is 11.5 Å². The molecule has 4 heteroatoms. The van der Waals surface area contributed by atoms with Gasteiger partial charge in [0.05, 0.1) is 5.56 Å². The molecule has 0 spiro atoms. The fourth-order valence-corrected chi connectivity index (χ4v) is 2.10. The molecule has 0 fully saturated rings. The van der Waals surface area contributed by atoms with Gasteiger partial charge < -0.3 is 10.6 Å². The normalized spacial score (nSPS) is 10.4. The van der Waals surface area contributed by atoms with Crippen molar-refractivity contribution in [3.05, 3.63) is 65.5 Å². The summed E-state index contributed by atoms with van der Waals surface area (Å²) in [7, 11) is 0. The van der Waals surface area contributed by atoms with Crippen LogP contribution in [0.1, 0.15) is 22.3 Å². The summed E-state index contributed by atoms with van der Waals surface area (Å²) < 4.78 is 13.8. The minimum atomic E-state index is -0.507. The molecule has 3 nitrogen and oxygen atoms in total. The number of nitrogens with zero attached hydrogens (tertiary/aromatic N) is 1. The maximum atomic E-state index is 13.8. The smallest absolute Gasteiger partial charge is 0.261 e. The van der Waals surface area contributed by atoms with E-state index in [1.54, 1.807) is 17.0 Å². The zero-order valence-corrected chi connectivity index (χ0v) is 12.1. The monoisotopic (exact) mass is 286 g/mol. The SMILES string of the molecule is Cc1ccc(N(CCCN)C(=O)c2ccccc2F)cc1. The zero-order chi connectivity index (χ0) is 15.2. The Hall–Kier alpha value is -2.20. The van der Waals surface area contributed by atoms with Crippen molar-refractivity contribution in [1.29, 1.82) is 0 Å². The first-order valence-corrected chi connectivity index (χ1v) is 6.96. The van der Waals surface area contributed by atoms with E-state index >= 15 is 0 Å². The zero-order valence-electron chi connectivity index (χ0n) is 12.1. The molecule has 1 amide bonds. The molecular formula is C17H19FN2O. The van der Waals surface area contributed by atoms with Gasteiger partial charge in [0.25, 0.3) is 5.91 Å². The third kappa shape index (κ3) is 3.67. The average molecular weight is 286 g/mol. The van der Waals surface area contributed by atoms with Gasteiger partial charge in [0, 0.05) is 12.2 Å². The van der Waals surface area contributed by atoms with E-state index in [4.69, 9.17) is 5.73 Å². The molecule has 0 unspecified atom stereocenters. The van der Waals surface area contributed by atoms with Gasteiger partial charge in [0.1, 0.15) is 5.82 Å². The van der Waals surface area contributed by atoms with E-state index < -0.39 is 5.82 Å². The quantitative estimate of drug-likeness (QED) is 0.918.